The van der Waals surface area contributed by atoms with Crippen LogP contribution in [-0.2, 0) is 0 Å². The first-order valence-electron chi connectivity index (χ1n) is 6.18. The van der Waals surface area contributed by atoms with Crippen molar-refractivity contribution in [1.29, 1.82) is 0 Å². The minimum absolute atomic E-state index is 0.101. The Kier molecular flexibility index (Phi) is 4.00. The van der Waals surface area contributed by atoms with Crippen LogP contribution < -0.4 is 4.74 Å². The van der Waals surface area contributed by atoms with Crippen molar-refractivity contribution in [3.8, 4) is 11.5 Å². The van der Waals surface area contributed by atoms with Crippen molar-refractivity contribution < 1.29 is 9.84 Å². The van der Waals surface area contributed by atoms with Crippen molar-refractivity contribution in [2.75, 3.05) is 0 Å². The average molecular weight is 242 g/mol. The lowest BCUT2D eigenvalue weighted by molar-refractivity contribution is 0.169. The molecule has 0 amide bonds. The first-order chi connectivity index (χ1) is 8.66. The van der Waals surface area contributed by atoms with E-state index in [9.17, 15) is 5.11 Å². The highest BCUT2D eigenvalue weighted by Gasteiger charge is 2.12. The molecule has 0 spiro atoms. The Labute approximate surface area is 108 Å². The van der Waals surface area contributed by atoms with E-state index in [4.69, 9.17) is 4.74 Å². The van der Waals surface area contributed by atoms with Gasteiger partial charge in [0, 0.05) is 5.92 Å². The van der Waals surface area contributed by atoms with Crippen molar-refractivity contribution >= 4 is 0 Å². The van der Waals surface area contributed by atoms with Crippen LogP contribution in [0.1, 0.15) is 25.3 Å². The Balaban J connectivity index is 2.18. The highest BCUT2D eigenvalue weighted by Crippen LogP contribution is 2.26. The molecule has 94 valence electrons. The maximum absolute atomic E-state index is 9.61. The third-order valence-electron chi connectivity index (χ3n) is 3.09. The molecule has 2 aromatic rings. The van der Waals surface area contributed by atoms with Crippen molar-refractivity contribution in [1.82, 2.24) is 0 Å². The molecule has 0 aliphatic carbocycles. The third kappa shape index (κ3) is 3.11. The number of hydrogen-bond acceptors (Lipinski definition) is 2. The van der Waals surface area contributed by atoms with Gasteiger partial charge in [0.25, 0.3) is 0 Å². The topological polar surface area (TPSA) is 29.5 Å². The summed E-state index contributed by atoms with van der Waals surface area (Å²) >= 11 is 0. The fourth-order valence-corrected chi connectivity index (χ4v) is 1.76. The zero-order valence-corrected chi connectivity index (χ0v) is 10.7. The van der Waals surface area contributed by atoms with Crippen molar-refractivity contribution in [2.24, 2.45) is 0 Å². The molecule has 0 fully saturated rings. The van der Waals surface area contributed by atoms with E-state index in [1.54, 1.807) is 6.92 Å². The van der Waals surface area contributed by atoms with Gasteiger partial charge in [-0.1, -0.05) is 37.3 Å². The Morgan fingerprint density at radius 3 is 2.22 bits per heavy atom. The van der Waals surface area contributed by atoms with Gasteiger partial charge in [-0.05, 0) is 36.8 Å². The quantitative estimate of drug-likeness (QED) is 0.879. The van der Waals surface area contributed by atoms with Gasteiger partial charge < -0.3 is 9.84 Å². The maximum Gasteiger partial charge on any atom is 0.127 e. The number of ether oxygens (including phenoxy) is 1. The zero-order valence-electron chi connectivity index (χ0n) is 10.7. The number of aliphatic hydroxyl groups is 1. The van der Waals surface area contributed by atoms with Crippen molar-refractivity contribution in [3.63, 3.8) is 0 Å². The molecule has 0 bridgehead atoms. The molecule has 0 heterocycles. The second kappa shape index (κ2) is 5.69. The molecule has 0 aromatic heterocycles. The van der Waals surface area contributed by atoms with Gasteiger partial charge in [-0.3, -0.25) is 0 Å². The second-order valence-corrected chi connectivity index (χ2v) is 4.52. The molecule has 2 unspecified atom stereocenters. The molecule has 2 atom stereocenters. The summed E-state index contributed by atoms with van der Waals surface area (Å²) in [5, 5.41) is 9.61. The molecule has 1 N–H and O–H groups in total. The molecule has 0 aliphatic heterocycles. The van der Waals surface area contributed by atoms with Crippen LogP contribution in [-0.4, -0.2) is 11.2 Å². The summed E-state index contributed by atoms with van der Waals surface area (Å²) in [5.41, 5.74) is 1.08. The molecule has 0 saturated heterocycles. The lowest BCUT2D eigenvalue weighted by Gasteiger charge is -2.16. The summed E-state index contributed by atoms with van der Waals surface area (Å²) in [7, 11) is 0. The van der Waals surface area contributed by atoms with Gasteiger partial charge in [-0.2, -0.15) is 0 Å². The Hall–Kier alpha value is -1.80. The van der Waals surface area contributed by atoms with Crippen LogP contribution in [0.15, 0.2) is 54.6 Å². The monoisotopic (exact) mass is 242 g/mol. The smallest absolute Gasteiger partial charge is 0.127 e. The average Bonchev–Trinajstić information content (AvgIpc) is 2.39. The zero-order chi connectivity index (χ0) is 13.0. The van der Waals surface area contributed by atoms with E-state index in [0.717, 1.165) is 17.1 Å². The lowest BCUT2D eigenvalue weighted by Crippen LogP contribution is -2.10. The van der Waals surface area contributed by atoms with Gasteiger partial charge in [0.2, 0.25) is 0 Å². The van der Waals surface area contributed by atoms with Crippen LogP contribution in [0.2, 0.25) is 0 Å². The molecular formula is C16H18O2. The summed E-state index contributed by atoms with van der Waals surface area (Å²) in [4.78, 5) is 0. The van der Waals surface area contributed by atoms with E-state index in [1.165, 1.54) is 0 Å². The highest BCUT2D eigenvalue weighted by molar-refractivity contribution is 5.35. The van der Waals surface area contributed by atoms with Crippen LogP contribution in [0.5, 0.6) is 11.5 Å². The predicted octanol–water partition coefficient (Wildman–Crippen LogP) is 3.96. The van der Waals surface area contributed by atoms with E-state index in [-0.39, 0.29) is 12.0 Å². The van der Waals surface area contributed by atoms with E-state index < -0.39 is 0 Å². The molecule has 0 saturated carbocycles. The summed E-state index contributed by atoms with van der Waals surface area (Å²) in [5.74, 6) is 1.72. The van der Waals surface area contributed by atoms with Crippen LogP contribution in [0.25, 0.3) is 0 Å². The molecule has 18 heavy (non-hydrogen) atoms. The third-order valence-corrected chi connectivity index (χ3v) is 3.09. The lowest BCUT2D eigenvalue weighted by atomic mass is 9.96. The number of aliphatic hydroxyl groups excluding tert-OH is 1. The number of para-hydroxylation sites is 1. The largest absolute Gasteiger partial charge is 0.457 e. The number of benzene rings is 2. The molecule has 0 radical (unpaired) electrons. The molecular weight excluding hydrogens is 224 g/mol. The first-order valence-corrected chi connectivity index (χ1v) is 6.18. The predicted molar refractivity (Wildman–Crippen MR) is 73.1 cm³/mol. The molecule has 2 nitrogen and oxygen atoms in total. The summed E-state index contributed by atoms with van der Waals surface area (Å²) in [6.07, 6.45) is -0.364. The van der Waals surface area contributed by atoms with Crippen LogP contribution in [0.4, 0.5) is 0 Å². The van der Waals surface area contributed by atoms with E-state index in [2.05, 4.69) is 0 Å². The van der Waals surface area contributed by atoms with Gasteiger partial charge in [-0.15, -0.1) is 0 Å². The van der Waals surface area contributed by atoms with Gasteiger partial charge in [0.1, 0.15) is 11.5 Å². The van der Waals surface area contributed by atoms with E-state index in [0.29, 0.717) is 0 Å². The van der Waals surface area contributed by atoms with E-state index in [1.807, 2.05) is 61.5 Å². The van der Waals surface area contributed by atoms with Gasteiger partial charge >= 0.3 is 0 Å². The molecule has 2 rings (SSSR count). The fourth-order valence-electron chi connectivity index (χ4n) is 1.76. The molecule has 2 heteroatoms. The SMILES string of the molecule is CC(O)C(C)c1cccc(Oc2ccccc2)c1. The van der Waals surface area contributed by atoms with Gasteiger partial charge in [0.15, 0.2) is 0 Å². The minimum Gasteiger partial charge on any atom is -0.457 e. The Morgan fingerprint density at radius 2 is 1.56 bits per heavy atom. The van der Waals surface area contributed by atoms with Crippen molar-refractivity contribution in [2.45, 2.75) is 25.9 Å². The van der Waals surface area contributed by atoms with Gasteiger partial charge in [0.05, 0.1) is 6.10 Å². The first kappa shape index (κ1) is 12.7. The standard InChI is InChI=1S/C16H18O2/c1-12(13(2)17)14-7-6-10-16(11-14)18-15-8-4-3-5-9-15/h3-13,17H,1-2H3. The molecule has 2 aromatic carbocycles. The minimum atomic E-state index is -0.364. The maximum atomic E-state index is 9.61. The highest BCUT2D eigenvalue weighted by atomic mass is 16.5. The molecule has 0 aliphatic rings. The van der Waals surface area contributed by atoms with Gasteiger partial charge in [-0.25, -0.2) is 0 Å². The van der Waals surface area contributed by atoms with Crippen LogP contribution in [0.3, 0.4) is 0 Å². The Bertz CT molecular complexity index is 491. The summed E-state index contributed by atoms with van der Waals surface area (Å²) in [6, 6.07) is 17.5. The Morgan fingerprint density at radius 1 is 0.889 bits per heavy atom. The summed E-state index contributed by atoms with van der Waals surface area (Å²) < 4.78 is 5.77. The van der Waals surface area contributed by atoms with E-state index >= 15 is 0 Å². The van der Waals surface area contributed by atoms with Crippen LogP contribution >= 0.6 is 0 Å². The normalized spacial score (nSPS) is 13.9. The van der Waals surface area contributed by atoms with Crippen molar-refractivity contribution in [3.05, 3.63) is 60.2 Å². The second-order valence-electron chi connectivity index (χ2n) is 4.52. The number of hydrogen-bond donors (Lipinski definition) is 1. The summed E-state index contributed by atoms with van der Waals surface area (Å²) in [6.45, 7) is 3.81. The number of rotatable bonds is 4. The van der Waals surface area contributed by atoms with Crippen LogP contribution in [0, 0.1) is 0 Å². The fraction of sp³-hybridized carbons (Fsp3) is 0.250.